The Bertz CT molecular complexity index is 621. The number of fused-ring (bicyclic) bond motifs is 1. The molecule has 0 aliphatic heterocycles. The summed E-state index contributed by atoms with van der Waals surface area (Å²) in [6.45, 7) is 4.90. The number of aryl methyl sites for hydroxylation is 2. The molecule has 0 amide bonds. The van der Waals surface area contributed by atoms with E-state index in [9.17, 15) is 4.79 Å². The molecule has 2 rings (SSSR count). The van der Waals surface area contributed by atoms with E-state index < -0.39 is 0 Å². The quantitative estimate of drug-likeness (QED) is 0.661. The van der Waals surface area contributed by atoms with E-state index >= 15 is 0 Å². The van der Waals surface area contributed by atoms with Crippen LogP contribution in [0.2, 0.25) is 0 Å². The highest BCUT2D eigenvalue weighted by atomic mass is 16.1. The summed E-state index contributed by atoms with van der Waals surface area (Å²) in [4.78, 5) is 27.2. The Morgan fingerprint density at radius 1 is 1.22 bits per heavy atom. The van der Waals surface area contributed by atoms with Crippen molar-refractivity contribution < 1.29 is 0 Å². The molecule has 4 N–H and O–H groups in total. The first kappa shape index (κ1) is 12.4. The van der Waals surface area contributed by atoms with E-state index in [4.69, 9.17) is 5.73 Å². The fourth-order valence-corrected chi connectivity index (χ4v) is 1.51. The van der Waals surface area contributed by atoms with Gasteiger partial charge in [-0.2, -0.15) is 4.98 Å². The Balaban J connectivity index is 2.42. The van der Waals surface area contributed by atoms with Crippen molar-refractivity contribution in [3.05, 3.63) is 21.7 Å². The molecule has 2 aromatic heterocycles. The van der Waals surface area contributed by atoms with Gasteiger partial charge in [-0.15, -0.1) is 0 Å². The second-order valence-corrected chi connectivity index (χ2v) is 4.05. The van der Waals surface area contributed by atoms with Gasteiger partial charge in [-0.05, 0) is 26.8 Å². The third-order valence-corrected chi connectivity index (χ3v) is 2.63. The topological polar surface area (TPSA) is 110 Å². The first-order valence-electron chi connectivity index (χ1n) is 5.81. The van der Waals surface area contributed by atoms with Crippen LogP contribution in [0, 0.1) is 13.8 Å². The molecule has 7 nitrogen and oxygen atoms in total. The maximum atomic E-state index is 11.8. The number of nitrogens with one attached hydrogen (secondary N) is 2. The van der Waals surface area contributed by atoms with Crippen molar-refractivity contribution in [3.8, 4) is 0 Å². The Morgan fingerprint density at radius 3 is 2.67 bits per heavy atom. The van der Waals surface area contributed by atoms with Crippen molar-refractivity contribution in [2.75, 3.05) is 18.4 Å². The molecule has 0 bridgehead atoms. The Kier molecular flexibility index (Phi) is 3.52. The number of aromatic nitrogens is 4. The van der Waals surface area contributed by atoms with Gasteiger partial charge in [-0.3, -0.25) is 9.78 Å². The number of hydrogen-bond donors (Lipinski definition) is 3. The van der Waals surface area contributed by atoms with E-state index in [1.165, 1.54) is 0 Å². The lowest BCUT2D eigenvalue weighted by Crippen LogP contribution is -2.17. The molecule has 2 aromatic rings. The summed E-state index contributed by atoms with van der Waals surface area (Å²) < 4.78 is 0. The van der Waals surface area contributed by atoms with Gasteiger partial charge in [0, 0.05) is 6.54 Å². The van der Waals surface area contributed by atoms with Gasteiger partial charge in [0.05, 0.1) is 11.4 Å². The molecule has 0 radical (unpaired) electrons. The van der Waals surface area contributed by atoms with Crippen LogP contribution in [0.4, 0.5) is 5.95 Å². The molecule has 0 aliphatic rings. The van der Waals surface area contributed by atoms with E-state index in [-0.39, 0.29) is 11.1 Å². The average molecular weight is 248 g/mol. The van der Waals surface area contributed by atoms with Gasteiger partial charge < -0.3 is 11.1 Å². The lowest BCUT2D eigenvalue weighted by Gasteiger charge is -2.06. The van der Waals surface area contributed by atoms with E-state index in [1.54, 1.807) is 0 Å². The number of nitrogens with two attached hydrogens (primary N) is 1. The summed E-state index contributed by atoms with van der Waals surface area (Å²) in [5, 5.41) is 3.00. The average Bonchev–Trinajstić information content (AvgIpc) is 2.32. The summed E-state index contributed by atoms with van der Waals surface area (Å²) >= 11 is 0. The third-order valence-electron chi connectivity index (χ3n) is 2.63. The second-order valence-electron chi connectivity index (χ2n) is 4.05. The predicted octanol–water partition coefficient (Wildman–Crippen LogP) is 0.0906. The van der Waals surface area contributed by atoms with E-state index in [2.05, 4.69) is 25.3 Å². The van der Waals surface area contributed by atoms with E-state index in [0.29, 0.717) is 24.7 Å². The Hall–Kier alpha value is -2.02. The van der Waals surface area contributed by atoms with Crippen LogP contribution in [0.1, 0.15) is 17.8 Å². The number of H-pyrrole nitrogens is 1. The second kappa shape index (κ2) is 5.09. The predicted molar refractivity (Wildman–Crippen MR) is 69.6 cm³/mol. The van der Waals surface area contributed by atoms with Crippen molar-refractivity contribution in [1.82, 2.24) is 19.9 Å². The molecule has 96 valence electrons. The largest absolute Gasteiger partial charge is 0.356 e. The highest BCUT2D eigenvalue weighted by Crippen LogP contribution is 2.07. The number of hydrogen-bond acceptors (Lipinski definition) is 6. The van der Waals surface area contributed by atoms with Gasteiger partial charge in [-0.1, -0.05) is 0 Å². The first-order valence-corrected chi connectivity index (χ1v) is 5.81. The molecule has 0 saturated carbocycles. The number of nitrogens with zero attached hydrogens (tertiary/aromatic N) is 3. The highest BCUT2D eigenvalue weighted by molar-refractivity contribution is 5.70. The van der Waals surface area contributed by atoms with Crippen molar-refractivity contribution in [2.24, 2.45) is 5.73 Å². The number of aromatic amines is 1. The summed E-state index contributed by atoms with van der Waals surface area (Å²) in [7, 11) is 0. The van der Waals surface area contributed by atoms with Crippen LogP contribution in [-0.2, 0) is 0 Å². The van der Waals surface area contributed by atoms with Gasteiger partial charge in [0.15, 0.2) is 11.2 Å². The Labute approximate surface area is 104 Å². The van der Waals surface area contributed by atoms with Crippen LogP contribution in [0.25, 0.3) is 11.2 Å². The molecule has 0 spiro atoms. The molecular weight excluding hydrogens is 232 g/mol. The zero-order valence-corrected chi connectivity index (χ0v) is 10.4. The number of rotatable bonds is 4. The molecular formula is C11H16N6O. The molecule has 18 heavy (non-hydrogen) atoms. The minimum Gasteiger partial charge on any atom is -0.356 e. The molecule has 0 unspecified atom stereocenters. The van der Waals surface area contributed by atoms with Crippen LogP contribution < -0.4 is 16.6 Å². The van der Waals surface area contributed by atoms with Crippen molar-refractivity contribution in [2.45, 2.75) is 20.3 Å². The molecule has 0 atom stereocenters. The summed E-state index contributed by atoms with van der Waals surface area (Å²) in [5.74, 6) is 0.401. The van der Waals surface area contributed by atoms with Crippen LogP contribution in [0.5, 0.6) is 0 Å². The van der Waals surface area contributed by atoms with Gasteiger partial charge in [0.1, 0.15) is 0 Å². The zero-order valence-electron chi connectivity index (χ0n) is 10.4. The van der Waals surface area contributed by atoms with Gasteiger partial charge in [-0.25, -0.2) is 9.97 Å². The number of anilines is 1. The molecule has 0 fully saturated rings. The zero-order chi connectivity index (χ0) is 13.1. The van der Waals surface area contributed by atoms with Gasteiger partial charge in [0.25, 0.3) is 5.56 Å². The van der Waals surface area contributed by atoms with Crippen LogP contribution in [0.15, 0.2) is 4.79 Å². The maximum absolute atomic E-state index is 11.8. The van der Waals surface area contributed by atoms with Crippen LogP contribution in [0.3, 0.4) is 0 Å². The van der Waals surface area contributed by atoms with Crippen LogP contribution >= 0.6 is 0 Å². The third kappa shape index (κ3) is 2.45. The highest BCUT2D eigenvalue weighted by Gasteiger charge is 2.08. The molecule has 0 aromatic carbocycles. The fraction of sp³-hybridized carbons (Fsp3) is 0.455. The molecule has 0 aliphatic carbocycles. The van der Waals surface area contributed by atoms with Crippen molar-refractivity contribution in [1.29, 1.82) is 0 Å². The van der Waals surface area contributed by atoms with E-state index in [0.717, 1.165) is 17.8 Å². The van der Waals surface area contributed by atoms with Crippen LogP contribution in [-0.4, -0.2) is 33.0 Å². The monoisotopic (exact) mass is 248 g/mol. The summed E-state index contributed by atoms with van der Waals surface area (Å²) in [6, 6.07) is 0. The lowest BCUT2D eigenvalue weighted by molar-refractivity contribution is 0.863. The standard InChI is InChI=1S/C11H16N6O/c1-6-7(2)15-9-8(14-6)10(18)17-11(16-9)13-5-3-4-12/h3-5,12H2,1-2H3,(H2,13,15,16,17,18). The SMILES string of the molecule is Cc1nc2nc(NCCCN)[nH]c(=O)c2nc1C. The van der Waals surface area contributed by atoms with E-state index in [1.807, 2.05) is 13.8 Å². The fourth-order valence-electron chi connectivity index (χ4n) is 1.51. The molecule has 0 saturated heterocycles. The minimum absolute atomic E-state index is 0.266. The maximum Gasteiger partial charge on any atom is 0.280 e. The Morgan fingerprint density at radius 2 is 1.94 bits per heavy atom. The van der Waals surface area contributed by atoms with Gasteiger partial charge >= 0.3 is 0 Å². The van der Waals surface area contributed by atoms with Crippen molar-refractivity contribution in [3.63, 3.8) is 0 Å². The minimum atomic E-state index is -0.286. The normalized spacial score (nSPS) is 10.8. The summed E-state index contributed by atoms with van der Waals surface area (Å²) in [5.41, 5.74) is 7.24. The van der Waals surface area contributed by atoms with Gasteiger partial charge in [0.2, 0.25) is 5.95 Å². The molecule has 7 heteroatoms. The summed E-state index contributed by atoms with van der Waals surface area (Å²) in [6.07, 6.45) is 0.806. The lowest BCUT2D eigenvalue weighted by atomic mass is 10.3. The van der Waals surface area contributed by atoms with Crippen molar-refractivity contribution >= 4 is 17.1 Å². The smallest absolute Gasteiger partial charge is 0.280 e. The molecule has 2 heterocycles. The first-order chi connectivity index (χ1) is 8.61.